The predicted molar refractivity (Wildman–Crippen MR) is 88.1 cm³/mol. The van der Waals surface area contributed by atoms with Crippen molar-refractivity contribution in [3.63, 3.8) is 0 Å². The maximum atomic E-state index is 8.44. The third-order valence-electron chi connectivity index (χ3n) is 2.99. The molecule has 2 aromatic rings. The molecule has 0 fully saturated rings. The molecule has 4 nitrogen and oxygen atoms in total. The lowest BCUT2D eigenvalue weighted by molar-refractivity contribution is 0.305. The van der Waals surface area contributed by atoms with Gasteiger partial charge in [-0.3, -0.25) is 0 Å². The lowest BCUT2D eigenvalue weighted by Crippen LogP contribution is -1.98. The van der Waals surface area contributed by atoms with Crippen molar-refractivity contribution in [3.8, 4) is 11.5 Å². The second-order valence-corrected chi connectivity index (χ2v) is 4.81. The van der Waals surface area contributed by atoms with Crippen LogP contribution in [0, 0.1) is 0 Å². The van der Waals surface area contributed by atoms with Crippen molar-refractivity contribution in [3.05, 3.63) is 64.7 Å². The molecule has 0 unspecified atom stereocenters. The Hall–Kier alpha value is -2.46. The van der Waals surface area contributed by atoms with Gasteiger partial charge in [-0.2, -0.15) is 0 Å². The van der Waals surface area contributed by atoms with E-state index in [9.17, 15) is 0 Å². The van der Waals surface area contributed by atoms with Crippen molar-refractivity contribution in [1.29, 1.82) is 0 Å². The molecule has 0 amide bonds. The molecule has 0 aliphatic rings. The average molecular weight is 318 g/mol. The van der Waals surface area contributed by atoms with Crippen LogP contribution >= 0.6 is 11.6 Å². The summed E-state index contributed by atoms with van der Waals surface area (Å²) in [6.45, 7) is 0.362. The van der Waals surface area contributed by atoms with E-state index in [2.05, 4.69) is 5.16 Å². The molecule has 0 atom stereocenters. The number of nitrogens with zero attached hydrogens (tertiary/aromatic N) is 1. The van der Waals surface area contributed by atoms with Crippen LogP contribution in [0.3, 0.4) is 0 Å². The van der Waals surface area contributed by atoms with Gasteiger partial charge >= 0.3 is 0 Å². The molecule has 0 spiro atoms. The van der Waals surface area contributed by atoms with Crippen LogP contribution in [-0.2, 0) is 6.61 Å². The third kappa shape index (κ3) is 4.27. The molecule has 0 saturated heterocycles. The number of hydrogen-bond donors (Lipinski definition) is 1. The van der Waals surface area contributed by atoms with E-state index in [0.29, 0.717) is 23.1 Å². The van der Waals surface area contributed by atoms with Crippen molar-refractivity contribution in [2.45, 2.75) is 6.61 Å². The zero-order chi connectivity index (χ0) is 15.8. The van der Waals surface area contributed by atoms with E-state index in [4.69, 9.17) is 26.3 Å². The second kappa shape index (κ2) is 8.10. The summed E-state index contributed by atoms with van der Waals surface area (Å²) in [6, 6.07) is 13.0. The van der Waals surface area contributed by atoms with Gasteiger partial charge in [-0.25, -0.2) is 0 Å². The minimum atomic E-state index is 0.362. The number of benzene rings is 2. The fourth-order valence-electron chi connectivity index (χ4n) is 1.87. The van der Waals surface area contributed by atoms with Crippen LogP contribution < -0.4 is 9.47 Å². The molecule has 0 radical (unpaired) electrons. The first-order valence-corrected chi connectivity index (χ1v) is 7.00. The molecule has 2 aromatic carbocycles. The van der Waals surface area contributed by atoms with Gasteiger partial charge in [0.15, 0.2) is 0 Å². The number of ether oxygens (including phenoxy) is 2. The Morgan fingerprint density at radius 2 is 2.05 bits per heavy atom. The van der Waals surface area contributed by atoms with E-state index in [1.54, 1.807) is 19.3 Å². The fourth-order valence-corrected chi connectivity index (χ4v) is 2.06. The normalized spacial score (nSPS) is 11.2. The molecular weight excluding hydrogens is 302 g/mol. The molecule has 2 rings (SSSR count). The van der Waals surface area contributed by atoms with Crippen molar-refractivity contribution in [1.82, 2.24) is 0 Å². The molecule has 0 aliphatic carbocycles. The van der Waals surface area contributed by atoms with E-state index < -0.39 is 0 Å². The molecule has 1 N–H and O–H groups in total. The lowest BCUT2D eigenvalue weighted by Gasteiger charge is -2.11. The standard InChI is InChI=1S/C17H16ClNO3/c1-21-15-8-9-17(13(11-15)6-4-10-19-20)22-12-14-5-2-3-7-16(14)18/h2-11,20H,12H2,1H3/b6-4+,19-10+. The fraction of sp³-hybridized carbons (Fsp3) is 0.118. The molecule has 5 heteroatoms. The van der Waals surface area contributed by atoms with Gasteiger partial charge in [-0.05, 0) is 36.4 Å². The van der Waals surface area contributed by atoms with Crippen LogP contribution in [0.4, 0.5) is 0 Å². The van der Waals surface area contributed by atoms with Gasteiger partial charge in [-0.1, -0.05) is 35.0 Å². The zero-order valence-corrected chi connectivity index (χ0v) is 12.8. The molecule has 0 bridgehead atoms. The monoisotopic (exact) mass is 317 g/mol. The van der Waals surface area contributed by atoms with Gasteiger partial charge in [0, 0.05) is 16.1 Å². The zero-order valence-electron chi connectivity index (χ0n) is 12.1. The van der Waals surface area contributed by atoms with Crippen LogP contribution in [0.5, 0.6) is 11.5 Å². The minimum absolute atomic E-state index is 0.362. The van der Waals surface area contributed by atoms with Crippen molar-refractivity contribution >= 4 is 23.9 Å². The number of allylic oxidation sites excluding steroid dienone is 1. The van der Waals surface area contributed by atoms with Gasteiger partial charge in [0.2, 0.25) is 0 Å². The van der Waals surface area contributed by atoms with E-state index in [-0.39, 0.29) is 0 Å². The average Bonchev–Trinajstić information content (AvgIpc) is 2.55. The summed E-state index contributed by atoms with van der Waals surface area (Å²) < 4.78 is 11.0. The molecule has 0 aliphatic heterocycles. The predicted octanol–water partition coefficient (Wildman–Crippen LogP) is 4.40. The number of rotatable bonds is 6. The third-order valence-corrected chi connectivity index (χ3v) is 3.36. The first kappa shape index (κ1) is 15.9. The first-order valence-electron chi connectivity index (χ1n) is 6.63. The number of oxime groups is 1. The largest absolute Gasteiger partial charge is 0.497 e. The van der Waals surface area contributed by atoms with Gasteiger partial charge in [0.05, 0.1) is 13.3 Å². The van der Waals surface area contributed by atoms with E-state index in [0.717, 1.165) is 11.1 Å². The van der Waals surface area contributed by atoms with Crippen LogP contribution in [0.2, 0.25) is 5.02 Å². The first-order chi connectivity index (χ1) is 10.7. The summed E-state index contributed by atoms with van der Waals surface area (Å²) >= 11 is 6.12. The molecule has 22 heavy (non-hydrogen) atoms. The van der Waals surface area contributed by atoms with Crippen LogP contribution in [0.25, 0.3) is 6.08 Å². The summed E-state index contributed by atoms with van der Waals surface area (Å²) in [7, 11) is 1.60. The maximum absolute atomic E-state index is 8.44. The van der Waals surface area contributed by atoms with Gasteiger partial charge < -0.3 is 14.7 Å². The quantitative estimate of drug-likeness (QED) is 0.488. The van der Waals surface area contributed by atoms with Crippen LogP contribution in [-0.4, -0.2) is 18.5 Å². The number of halogens is 1. The highest BCUT2D eigenvalue weighted by Gasteiger charge is 2.05. The maximum Gasteiger partial charge on any atom is 0.127 e. The molecule has 114 valence electrons. The second-order valence-electron chi connectivity index (χ2n) is 4.41. The summed E-state index contributed by atoms with van der Waals surface area (Å²) in [6.07, 6.45) is 4.65. The Morgan fingerprint density at radius 1 is 1.23 bits per heavy atom. The van der Waals surface area contributed by atoms with E-state index in [1.807, 2.05) is 42.5 Å². The Kier molecular flexibility index (Phi) is 5.86. The van der Waals surface area contributed by atoms with Crippen molar-refractivity contribution in [2.75, 3.05) is 7.11 Å². The van der Waals surface area contributed by atoms with E-state index >= 15 is 0 Å². The molecule has 0 aromatic heterocycles. The van der Waals surface area contributed by atoms with Gasteiger partial charge in [0.1, 0.15) is 18.1 Å². The Labute approximate surface area is 134 Å². The highest BCUT2D eigenvalue weighted by atomic mass is 35.5. The Bertz CT molecular complexity index is 683. The smallest absolute Gasteiger partial charge is 0.127 e. The molecule has 0 heterocycles. The molecule has 0 saturated carbocycles. The highest BCUT2D eigenvalue weighted by Crippen LogP contribution is 2.27. The lowest BCUT2D eigenvalue weighted by atomic mass is 10.1. The summed E-state index contributed by atoms with van der Waals surface area (Å²) in [5, 5.41) is 12.0. The Balaban J connectivity index is 2.20. The van der Waals surface area contributed by atoms with Crippen LogP contribution in [0.1, 0.15) is 11.1 Å². The van der Waals surface area contributed by atoms with Crippen molar-refractivity contribution in [2.24, 2.45) is 5.16 Å². The van der Waals surface area contributed by atoms with Crippen molar-refractivity contribution < 1.29 is 14.7 Å². The van der Waals surface area contributed by atoms with Gasteiger partial charge in [0.25, 0.3) is 0 Å². The van der Waals surface area contributed by atoms with Gasteiger partial charge in [-0.15, -0.1) is 0 Å². The topological polar surface area (TPSA) is 51.0 Å². The Morgan fingerprint density at radius 3 is 2.77 bits per heavy atom. The van der Waals surface area contributed by atoms with E-state index in [1.165, 1.54) is 6.21 Å². The summed E-state index contributed by atoms with van der Waals surface area (Å²) in [5.74, 6) is 1.40. The minimum Gasteiger partial charge on any atom is -0.497 e. The molecular formula is C17H16ClNO3. The van der Waals surface area contributed by atoms with Crippen LogP contribution in [0.15, 0.2) is 53.7 Å². The number of methoxy groups -OCH3 is 1. The summed E-state index contributed by atoms with van der Waals surface area (Å²) in [5.41, 5.74) is 1.72. The summed E-state index contributed by atoms with van der Waals surface area (Å²) in [4.78, 5) is 0. The number of hydrogen-bond acceptors (Lipinski definition) is 4. The SMILES string of the molecule is COc1ccc(OCc2ccccc2Cl)c(/C=C/C=N/O)c1. The highest BCUT2D eigenvalue weighted by molar-refractivity contribution is 6.31.